The molecule has 2 heterocycles. The van der Waals surface area contributed by atoms with Gasteiger partial charge in [0.1, 0.15) is 17.9 Å². The summed E-state index contributed by atoms with van der Waals surface area (Å²) in [5.41, 5.74) is 7.05. The fourth-order valence-electron chi connectivity index (χ4n) is 4.68. The number of carbonyl (C=O) groups is 2. The van der Waals surface area contributed by atoms with Crippen molar-refractivity contribution in [3.63, 3.8) is 0 Å². The smallest absolute Gasteiger partial charge is 0.240 e. The first-order chi connectivity index (χ1) is 19.2. The molecule has 1 fully saturated rings. The lowest BCUT2D eigenvalue weighted by atomic mass is 10.0. The van der Waals surface area contributed by atoms with Crippen molar-refractivity contribution in [3.8, 4) is 5.75 Å². The van der Waals surface area contributed by atoms with Gasteiger partial charge in [0.2, 0.25) is 11.8 Å². The molecule has 0 aliphatic heterocycles. The quantitative estimate of drug-likeness (QED) is 0.0974. The summed E-state index contributed by atoms with van der Waals surface area (Å²) in [5, 5.41) is 46.3. The average molecular weight is 573 g/mol. The number of phenols is 1. The van der Waals surface area contributed by atoms with E-state index in [4.69, 9.17) is 5.73 Å². The summed E-state index contributed by atoms with van der Waals surface area (Å²) < 4.78 is 1.45. The molecule has 2 aromatic heterocycles. The highest BCUT2D eigenvalue weighted by Crippen LogP contribution is 2.37. The van der Waals surface area contributed by atoms with E-state index in [1.807, 2.05) is 0 Å². The monoisotopic (exact) mass is 572 g/mol. The van der Waals surface area contributed by atoms with Crippen molar-refractivity contribution in [1.29, 1.82) is 0 Å². The molecule has 7 N–H and O–H groups in total. The Balaban J connectivity index is 1.55. The van der Waals surface area contributed by atoms with Crippen LogP contribution >= 0.6 is 11.8 Å². The van der Waals surface area contributed by atoms with Gasteiger partial charge in [-0.25, -0.2) is 14.6 Å². The first-order valence-electron chi connectivity index (χ1n) is 13.5. The first kappa shape index (κ1) is 29.5. The Morgan fingerprint density at radius 3 is 2.58 bits per heavy atom. The van der Waals surface area contributed by atoms with E-state index in [2.05, 4.69) is 44.8 Å². The fourth-order valence-corrected chi connectivity index (χ4v) is 5.37. The lowest BCUT2D eigenvalue weighted by molar-refractivity contribution is -0.132. The van der Waals surface area contributed by atoms with Crippen LogP contribution in [-0.2, 0) is 16.0 Å². The average Bonchev–Trinajstić information content (AvgIpc) is 3.48. The Labute approximate surface area is 236 Å². The molecule has 0 spiro atoms. The van der Waals surface area contributed by atoms with Gasteiger partial charge in [-0.05, 0) is 37.0 Å². The van der Waals surface area contributed by atoms with Crippen LogP contribution in [0.1, 0.15) is 51.1 Å². The third-order valence-corrected chi connectivity index (χ3v) is 7.95. The Kier molecular flexibility index (Phi) is 9.76. The molecule has 3 aromatic rings. The number of nitrogens with zero attached hydrogens (tertiary/aromatic N) is 5. The summed E-state index contributed by atoms with van der Waals surface area (Å²) in [6.07, 6.45) is 0.287. The predicted octanol–water partition coefficient (Wildman–Crippen LogP) is 1.14. The molecule has 216 valence electrons. The number of hydrogen-bond acceptors (Lipinski definition) is 11. The van der Waals surface area contributed by atoms with Gasteiger partial charge < -0.3 is 31.7 Å². The molecule has 40 heavy (non-hydrogen) atoms. The fraction of sp³-hybridized carbons (Fsp3) is 0.538. The number of aliphatic hydroxyl groups is 2. The van der Waals surface area contributed by atoms with Gasteiger partial charge in [0.05, 0.1) is 18.1 Å². The maximum Gasteiger partial charge on any atom is 0.240 e. The molecular formula is C26H36N8O5S. The van der Waals surface area contributed by atoms with E-state index in [1.165, 1.54) is 28.6 Å². The molecule has 1 aromatic carbocycles. The molecule has 0 radical (unpaired) electrons. The maximum absolute atomic E-state index is 13.2. The number of fused-ring (bicyclic) bond motifs is 1. The highest BCUT2D eigenvalue weighted by Gasteiger charge is 2.47. The van der Waals surface area contributed by atoms with Crippen LogP contribution in [0.4, 0.5) is 5.82 Å². The highest BCUT2D eigenvalue weighted by molar-refractivity contribution is 7.99. The number of aromatic hydroxyl groups is 1. The van der Waals surface area contributed by atoms with Crippen molar-refractivity contribution in [2.45, 2.75) is 75.4 Å². The molecule has 1 aliphatic carbocycles. The predicted molar refractivity (Wildman–Crippen MR) is 150 cm³/mol. The third kappa shape index (κ3) is 6.62. The molecule has 0 saturated heterocycles. The van der Waals surface area contributed by atoms with Crippen molar-refractivity contribution in [2.24, 2.45) is 11.7 Å². The molecule has 0 bridgehead atoms. The number of amides is 2. The second-order valence-electron chi connectivity index (χ2n) is 9.91. The Morgan fingerprint density at radius 1 is 1.15 bits per heavy atom. The Hall–Kier alpha value is -3.49. The number of nitrogens with two attached hydrogens (primary N) is 1. The van der Waals surface area contributed by atoms with E-state index in [-0.39, 0.29) is 18.6 Å². The van der Waals surface area contributed by atoms with Gasteiger partial charge in [0.15, 0.2) is 22.1 Å². The number of rotatable bonds is 13. The third-order valence-electron chi connectivity index (χ3n) is 6.90. The van der Waals surface area contributed by atoms with Crippen LogP contribution < -0.4 is 16.4 Å². The summed E-state index contributed by atoms with van der Waals surface area (Å²) in [4.78, 5) is 34.5. The number of anilines is 1. The van der Waals surface area contributed by atoms with Crippen molar-refractivity contribution in [1.82, 2.24) is 30.3 Å². The van der Waals surface area contributed by atoms with Gasteiger partial charge in [0.25, 0.3) is 0 Å². The molecule has 1 aliphatic rings. The van der Waals surface area contributed by atoms with Gasteiger partial charge in [-0.15, -0.1) is 5.10 Å². The standard InChI is InChI=1S/C26H36N8O5S/c1-3-5-10-28-23-19-24(31-26(30-23)40-11-4-2)34(33-32-19)18-13-16(20(36)21(18)37)25(39)29-17(22(27)38)12-14-6-8-15(35)9-7-14/h6-9,16-18,20-21,35-37H,3-5,10-13H2,1-2H3,(H2,27,38)(H,29,39)(H,28,30,31)/t16-,17?,18+,20+,21-/m0/s1. The Bertz CT molecular complexity index is 1320. The minimum atomic E-state index is -1.41. The first-order valence-corrected chi connectivity index (χ1v) is 14.4. The number of benzene rings is 1. The van der Waals surface area contributed by atoms with Gasteiger partial charge in [-0.3, -0.25) is 9.59 Å². The minimum Gasteiger partial charge on any atom is -0.508 e. The van der Waals surface area contributed by atoms with Crippen LogP contribution in [0, 0.1) is 5.92 Å². The van der Waals surface area contributed by atoms with Gasteiger partial charge in [-0.1, -0.05) is 49.4 Å². The zero-order valence-electron chi connectivity index (χ0n) is 22.5. The molecule has 2 amide bonds. The van der Waals surface area contributed by atoms with Crippen molar-refractivity contribution < 1.29 is 24.9 Å². The van der Waals surface area contributed by atoms with E-state index in [9.17, 15) is 24.9 Å². The minimum absolute atomic E-state index is 0.0390. The summed E-state index contributed by atoms with van der Waals surface area (Å²) in [5.74, 6) is -0.951. The normalized spacial score (nSPS) is 21.4. The SMILES string of the molecule is CCCCNc1nc(SCCC)nc2c1nnn2[C@@H]1C[C@H](C(=O)NC(Cc2ccc(O)cc2)C(N)=O)[C@@H](O)[C@H]1O. The topological polar surface area (TPSA) is 201 Å². The number of aromatic nitrogens is 5. The van der Waals surface area contributed by atoms with Crippen LogP contribution in [0.5, 0.6) is 5.75 Å². The molecule has 1 unspecified atom stereocenters. The van der Waals surface area contributed by atoms with Crippen LogP contribution in [0.3, 0.4) is 0 Å². The van der Waals surface area contributed by atoms with E-state index in [0.717, 1.165) is 25.0 Å². The number of aliphatic hydroxyl groups excluding tert-OH is 2. The summed E-state index contributed by atoms with van der Waals surface area (Å²) in [7, 11) is 0. The largest absolute Gasteiger partial charge is 0.508 e. The van der Waals surface area contributed by atoms with Crippen LogP contribution in [-0.4, -0.2) is 82.6 Å². The van der Waals surface area contributed by atoms with Crippen LogP contribution in [0.2, 0.25) is 0 Å². The van der Waals surface area contributed by atoms with Crippen molar-refractivity contribution >= 4 is 40.6 Å². The van der Waals surface area contributed by atoms with E-state index in [0.29, 0.717) is 34.2 Å². The lowest BCUT2D eigenvalue weighted by Crippen LogP contribution is -2.49. The number of primary amides is 1. The highest BCUT2D eigenvalue weighted by atomic mass is 32.2. The number of hydrogen-bond donors (Lipinski definition) is 6. The zero-order valence-corrected chi connectivity index (χ0v) is 23.3. The summed E-state index contributed by atoms with van der Waals surface area (Å²) in [6.45, 7) is 4.85. The van der Waals surface area contributed by atoms with Crippen LogP contribution in [0.25, 0.3) is 11.2 Å². The number of thioether (sulfide) groups is 1. The number of phenolic OH excluding ortho intramolecular Hbond substituents is 1. The number of unbranched alkanes of at least 4 members (excludes halogenated alkanes) is 1. The molecule has 13 nitrogen and oxygen atoms in total. The van der Waals surface area contributed by atoms with Crippen molar-refractivity contribution in [3.05, 3.63) is 29.8 Å². The van der Waals surface area contributed by atoms with Crippen molar-refractivity contribution in [2.75, 3.05) is 17.6 Å². The summed E-state index contributed by atoms with van der Waals surface area (Å²) in [6, 6.07) is 4.35. The second-order valence-corrected chi connectivity index (χ2v) is 11.0. The zero-order chi connectivity index (χ0) is 28.8. The second kappa shape index (κ2) is 13.2. The van der Waals surface area contributed by atoms with Crippen LogP contribution in [0.15, 0.2) is 29.4 Å². The molecule has 14 heteroatoms. The molecule has 1 saturated carbocycles. The molecular weight excluding hydrogens is 536 g/mol. The lowest BCUT2D eigenvalue weighted by Gasteiger charge is -2.20. The number of carbonyl (C=O) groups excluding carboxylic acids is 2. The Morgan fingerprint density at radius 2 is 1.90 bits per heavy atom. The molecule has 5 atom stereocenters. The van der Waals surface area contributed by atoms with E-state index >= 15 is 0 Å². The van der Waals surface area contributed by atoms with E-state index in [1.54, 1.807) is 12.1 Å². The van der Waals surface area contributed by atoms with Gasteiger partial charge in [-0.2, -0.15) is 0 Å². The number of nitrogens with one attached hydrogen (secondary N) is 2. The summed E-state index contributed by atoms with van der Waals surface area (Å²) >= 11 is 1.50. The van der Waals surface area contributed by atoms with Gasteiger partial charge >= 0.3 is 0 Å². The molecule has 4 rings (SSSR count). The van der Waals surface area contributed by atoms with Gasteiger partial charge in [0, 0.05) is 18.7 Å². The maximum atomic E-state index is 13.2. The van der Waals surface area contributed by atoms with E-state index < -0.39 is 42.0 Å².